The quantitative estimate of drug-likeness (QED) is 0.774. The minimum Gasteiger partial charge on any atom is -0.384 e. The summed E-state index contributed by atoms with van der Waals surface area (Å²) in [4.78, 5) is 15.4. The molecule has 2 aliphatic rings. The molecule has 2 amide bonds. The Labute approximate surface area is 94.8 Å². The van der Waals surface area contributed by atoms with Gasteiger partial charge in [-0.05, 0) is 30.2 Å². The van der Waals surface area contributed by atoms with Gasteiger partial charge in [-0.15, -0.1) is 0 Å². The third-order valence-electron chi connectivity index (χ3n) is 3.33. The van der Waals surface area contributed by atoms with Crippen LogP contribution in [0.1, 0.15) is 5.56 Å². The fourth-order valence-electron chi connectivity index (χ4n) is 2.35. The predicted molar refractivity (Wildman–Crippen MR) is 64.0 cm³/mol. The highest BCUT2D eigenvalue weighted by Crippen LogP contribution is 2.28. The molecule has 2 heterocycles. The van der Waals surface area contributed by atoms with E-state index in [-0.39, 0.29) is 6.03 Å². The van der Waals surface area contributed by atoms with E-state index in [4.69, 9.17) is 0 Å². The molecule has 0 spiro atoms. The maximum absolute atomic E-state index is 11.8. The Balaban J connectivity index is 1.93. The summed E-state index contributed by atoms with van der Waals surface area (Å²) < 4.78 is 0. The molecule has 1 aromatic carbocycles. The van der Waals surface area contributed by atoms with Gasteiger partial charge in [0.15, 0.2) is 0 Å². The number of nitrogens with zero attached hydrogens (tertiary/aromatic N) is 2. The van der Waals surface area contributed by atoms with Crippen molar-refractivity contribution in [2.45, 2.75) is 6.42 Å². The van der Waals surface area contributed by atoms with Crippen LogP contribution >= 0.6 is 0 Å². The Hall–Kier alpha value is -1.71. The van der Waals surface area contributed by atoms with Crippen LogP contribution in [-0.2, 0) is 6.42 Å². The van der Waals surface area contributed by atoms with Crippen LogP contribution in [0.3, 0.4) is 0 Å². The van der Waals surface area contributed by atoms with Crippen molar-refractivity contribution in [3.05, 3.63) is 23.8 Å². The van der Waals surface area contributed by atoms with Gasteiger partial charge in [0.1, 0.15) is 0 Å². The number of fused-ring (bicyclic) bond motifs is 1. The number of benzene rings is 1. The summed E-state index contributed by atoms with van der Waals surface area (Å²) in [6.45, 7) is 2.61. The lowest BCUT2D eigenvalue weighted by atomic mass is 10.1. The highest BCUT2D eigenvalue weighted by atomic mass is 16.2. The average Bonchev–Trinajstić information content (AvgIpc) is 2.86. The lowest BCUT2D eigenvalue weighted by Crippen LogP contribution is -2.29. The van der Waals surface area contributed by atoms with Crippen LogP contribution in [-0.4, -0.2) is 37.6 Å². The zero-order valence-electron chi connectivity index (χ0n) is 9.36. The van der Waals surface area contributed by atoms with E-state index in [0.717, 1.165) is 31.7 Å². The van der Waals surface area contributed by atoms with Crippen LogP contribution in [0.15, 0.2) is 18.2 Å². The van der Waals surface area contributed by atoms with Gasteiger partial charge in [-0.25, -0.2) is 4.79 Å². The van der Waals surface area contributed by atoms with Crippen molar-refractivity contribution in [1.29, 1.82) is 0 Å². The Morgan fingerprint density at radius 2 is 2.19 bits per heavy atom. The van der Waals surface area contributed by atoms with Crippen molar-refractivity contribution in [3.8, 4) is 0 Å². The number of hydrogen-bond donors (Lipinski definition) is 1. The van der Waals surface area contributed by atoms with E-state index < -0.39 is 0 Å². The van der Waals surface area contributed by atoms with E-state index in [9.17, 15) is 4.79 Å². The van der Waals surface area contributed by atoms with Crippen LogP contribution in [0.2, 0.25) is 0 Å². The van der Waals surface area contributed by atoms with Crippen molar-refractivity contribution in [2.75, 3.05) is 36.9 Å². The van der Waals surface area contributed by atoms with Crippen LogP contribution in [0.25, 0.3) is 0 Å². The fraction of sp³-hybridized carbons (Fsp3) is 0.417. The van der Waals surface area contributed by atoms with Gasteiger partial charge in [0, 0.05) is 38.1 Å². The molecule has 0 atom stereocenters. The van der Waals surface area contributed by atoms with Gasteiger partial charge < -0.3 is 10.2 Å². The molecule has 0 saturated carbocycles. The number of carbonyl (C=O) groups is 1. The summed E-state index contributed by atoms with van der Waals surface area (Å²) >= 11 is 0. The monoisotopic (exact) mass is 217 g/mol. The highest BCUT2D eigenvalue weighted by molar-refractivity contribution is 5.94. The number of amides is 2. The Kier molecular flexibility index (Phi) is 2.02. The molecule has 2 aliphatic heterocycles. The van der Waals surface area contributed by atoms with Crippen molar-refractivity contribution >= 4 is 17.4 Å². The van der Waals surface area contributed by atoms with Gasteiger partial charge in [-0.1, -0.05) is 0 Å². The lowest BCUT2D eigenvalue weighted by Gasteiger charge is -2.16. The summed E-state index contributed by atoms with van der Waals surface area (Å²) in [5.41, 5.74) is 3.56. The second kappa shape index (κ2) is 3.40. The van der Waals surface area contributed by atoms with Gasteiger partial charge >= 0.3 is 6.03 Å². The Morgan fingerprint density at radius 1 is 1.31 bits per heavy atom. The average molecular weight is 217 g/mol. The van der Waals surface area contributed by atoms with Gasteiger partial charge in [0.25, 0.3) is 0 Å². The molecular formula is C12H15N3O. The molecular weight excluding hydrogens is 202 g/mol. The molecule has 84 valence electrons. The molecule has 1 aromatic rings. The number of nitrogens with one attached hydrogen (secondary N) is 1. The van der Waals surface area contributed by atoms with Crippen molar-refractivity contribution in [1.82, 2.24) is 4.90 Å². The minimum atomic E-state index is 0.103. The second-order valence-corrected chi connectivity index (χ2v) is 4.37. The van der Waals surface area contributed by atoms with E-state index in [0.29, 0.717) is 0 Å². The van der Waals surface area contributed by atoms with E-state index >= 15 is 0 Å². The molecule has 0 bridgehead atoms. The maximum atomic E-state index is 11.8. The standard InChI is InChI=1S/C12H15N3O/c1-14-6-7-15(12(14)16)10-2-3-11-9(8-10)4-5-13-11/h2-3,8,13H,4-7H2,1H3. The summed E-state index contributed by atoms with van der Waals surface area (Å²) in [7, 11) is 1.84. The predicted octanol–water partition coefficient (Wildman–Crippen LogP) is 1.53. The first-order valence-corrected chi connectivity index (χ1v) is 5.65. The summed E-state index contributed by atoms with van der Waals surface area (Å²) in [5, 5.41) is 3.32. The number of anilines is 2. The molecule has 16 heavy (non-hydrogen) atoms. The zero-order chi connectivity index (χ0) is 11.1. The maximum Gasteiger partial charge on any atom is 0.324 e. The van der Waals surface area contributed by atoms with Crippen molar-refractivity contribution < 1.29 is 4.79 Å². The number of likely N-dealkylation sites (N-methyl/N-ethyl adjacent to an activating group) is 1. The first kappa shape index (κ1) is 9.51. The highest BCUT2D eigenvalue weighted by Gasteiger charge is 2.27. The molecule has 1 saturated heterocycles. The molecule has 0 aliphatic carbocycles. The lowest BCUT2D eigenvalue weighted by molar-refractivity contribution is 0.229. The minimum absolute atomic E-state index is 0.103. The molecule has 0 aromatic heterocycles. The number of rotatable bonds is 1. The Bertz CT molecular complexity index is 444. The SMILES string of the molecule is CN1CCN(c2ccc3c(c2)CCN3)C1=O. The Morgan fingerprint density at radius 3 is 2.94 bits per heavy atom. The molecule has 3 rings (SSSR count). The molecule has 0 unspecified atom stereocenters. The van der Waals surface area contributed by atoms with Crippen LogP contribution in [0.4, 0.5) is 16.2 Å². The van der Waals surface area contributed by atoms with Gasteiger partial charge in [-0.2, -0.15) is 0 Å². The van der Waals surface area contributed by atoms with E-state index in [2.05, 4.69) is 17.4 Å². The largest absolute Gasteiger partial charge is 0.384 e. The topological polar surface area (TPSA) is 35.6 Å². The van der Waals surface area contributed by atoms with Crippen molar-refractivity contribution in [2.24, 2.45) is 0 Å². The zero-order valence-corrected chi connectivity index (χ0v) is 9.36. The fourth-order valence-corrected chi connectivity index (χ4v) is 2.35. The summed E-state index contributed by atoms with van der Waals surface area (Å²) in [5.74, 6) is 0. The van der Waals surface area contributed by atoms with Crippen LogP contribution in [0, 0.1) is 0 Å². The van der Waals surface area contributed by atoms with Gasteiger partial charge in [0.05, 0.1) is 0 Å². The normalized spacial score (nSPS) is 18.9. The first-order valence-electron chi connectivity index (χ1n) is 5.65. The first-order chi connectivity index (χ1) is 7.75. The molecule has 1 fully saturated rings. The third kappa shape index (κ3) is 1.33. The van der Waals surface area contributed by atoms with Gasteiger partial charge in [0.2, 0.25) is 0 Å². The number of carbonyl (C=O) groups excluding carboxylic acids is 1. The van der Waals surface area contributed by atoms with Crippen LogP contribution in [0.5, 0.6) is 0 Å². The van der Waals surface area contributed by atoms with E-state index in [1.807, 2.05) is 18.0 Å². The summed E-state index contributed by atoms with van der Waals surface area (Å²) in [6.07, 6.45) is 1.06. The second-order valence-electron chi connectivity index (χ2n) is 4.37. The molecule has 1 N–H and O–H groups in total. The van der Waals surface area contributed by atoms with E-state index in [1.165, 1.54) is 11.3 Å². The van der Waals surface area contributed by atoms with Gasteiger partial charge in [-0.3, -0.25) is 4.90 Å². The molecule has 4 nitrogen and oxygen atoms in total. The van der Waals surface area contributed by atoms with E-state index in [1.54, 1.807) is 4.90 Å². The van der Waals surface area contributed by atoms with Crippen LogP contribution < -0.4 is 10.2 Å². The number of urea groups is 1. The third-order valence-corrected chi connectivity index (χ3v) is 3.33. The molecule has 0 radical (unpaired) electrons. The van der Waals surface area contributed by atoms with Crippen molar-refractivity contribution in [3.63, 3.8) is 0 Å². The smallest absolute Gasteiger partial charge is 0.324 e. The molecule has 4 heteroatoms. The summed E-state index contributed by atoms with van der Waals surface area (Å²) in [6, 6.07) is 6.33. The number of hydrogen-bond acceptors (Lipinski definition) is 2.